The number of carbonyl (C=O) groups excluding carboxylic acids is 10. The van der Waals surface area contributed by atoms with E-state index in [0.29, 0.717) is 30.1 Å². The van der Waals surface area contributed by atoms with Crippen molar-refractivity contribution in [2.75, 3.05) is 86.5 Å². The van der Waals surface area contributed by atoms with Gasteiger partial charge in [0.2, 0.25) is 59.1 Å². The minimum Gasteiger partial charge on any atom is -0.476 e. The molecule has 0 radical (unpaired) electrons. The molecule has 12 N–H and O–H groups in total. The molecule has 34 nitrogen and oxygen atoms in total. The fraction of sp³-hybridized carbons (Fsp3) is 0.556. The quantitative estimate of drug-likeness (QED) is 0.0760. The van der Waals surface area contributed by atoms with E-state index in [1.54, 1.807) is 19.4 Å². The number of halogens is 1. The van der Waals surface area contributed by atoms with E-state index in [2.05, 4.69) is 86.1 Å². The van der Waals surface area contributed by atoms with Crippen LogP contribution in [0.5, 0.6) is 0 Å². The molecule has 468 valence electrons. The Morgan fingerprint density at radius 3 is 1.55 bits per heavy atom. The van der Waals surface area contributed by atoms with E-state index in [1.807, 2.05) is 6.92 Å². The van der Waals surface area contributed by atoms with Crippen LogP contribution in [0.15, 0.2) is 27.5 Å². The molecule has 0 aromatic carbocycles. The van der Waals surface area contributed by atoms with Gasteiger partial charge < -0.3 is 54.9 Å². The molecule has 1 aromatic heterocycles. The van der Waals surface area contributed by atoms with Crippen molar-refractivity contribution in [1.82, 2.24) is 46.8 Å². The number of nitrogens with zero attached hydrogens (tertiary/aromatic N) is 6. The van der Waals surface area contributed by atoms with Crippen molar-refractivity contribution in [3.63, 3.8) is 0 Å². The van der Waals surface area contributed by atoms with Crippen LogP contribution in [-0.2, 0) is 76.4 Å². The third-order valence-electron chi connectivity index (χ3n) is 6.51. The van der Waals surface area contributed by atoms with Gasteiger partial charge in [-0.2, -0.15) is 4.99 Å². The number of aromatic nitrogens is 2. The van der Waals surface area contributed by atoms with Crippen molar-refractivity contribution < 1.29 is 81.2 Å². The first-order valence-corrected chi connectivity index (χ1v) is 25.9. The van der Waals surface area contributed by atoms with Gasteiger partial charge in [0.25, 0.3) is 17.3 Å². The third-order valence-corrected chi connectivity index (χ3v) is 7.82. The van der Waals surface area contributed by atoms with Crippen LogP contribution in [0.4, 0.5) is 10.7 Å². The SMILES string of the molecule is CC(=O)NC1CCOC1.CC(=O)Nc1ncc(Cl)cn1.CCO/N=C/NC(C)=O.CCOC(=N)NC(C)=O.CN=C(N)NC(C)=O.COC(=N)NC(C)=O.COC(=NC(C)=O)SC.COCN(C(C)=O)C(=O)OC.CSC(=N)NC(C)=O. The van der Waals surface area contributed by atoms with Gasteiger partial charge >= 0.3 is 6.09 Å². The van der Waals surface area contributed by atoms with Crippen molar-refractivity contribution in [2.24, 2.45) is 20.9 Å². The highest BCUT2D eigenvalue weighted by Crippen LogP contribution is 2.05. The maximum Gasteiger partial charge on any atom is 0.418 e. The number of guanidine groups is 1. The number of aliphatic imine (C=N–C) groups is 2. The molecule has 1 unspecified atom stereocenters. The number of ether oxygens (including phenoxy) is 6. The van der Waals surface area contributed by atoms with Crippen LogP contribution in [0.1, 0.15) is 82.6 Å². The highest BCUT2D eigenvalue weighted by atomic mass is 35.5. The van der Waals surface area contributed by atoms with Crippen LogP contribution in [0.2, 0.25) is 5.02 Å². The summed E-state index contributed by atoms with van der Waals surface area (Å²) in [5.41, 5.74) is 5.09. The van der Waals surface area contributed by atoms with E-state index in [1.165, 1.54) is 140 Å². The number of nitrogens with one attached hydrogen (secondary N) is 10. The van der Waals surface area contributed by atoms with Crippen molar-refractivity contribution in [1.29, 1.82) is 16.2 Å². The average molecular weight is 1230 g/mol. The van der Waals surface area contributed by atoms with E-state index in [9.17, 15) is 47.9 Å². The zero-order valence-corrected chi connectivity index (χ0v) is 51.8. The molecule has 1 atom stereocenters. The highest BCUT2D eigenvalue weighted by Gasteiger charge is 2.17. The predicted octanol–water partition coefficient (Wildman–Crippen LogP) is 1.49. The molecular formula is C45H82ClN17O17S2. The van der Waals surface area contributed by atoms with E-state index in [4.69, 9.17) is 43.0 Å². The molecule has 2 rings (SSSR count). The summed E-state index contributed by atoms with van der Waals surface area (Å²) >= 11 is 8.02. The number of hydrogen-bond acceptors (Lipinski definition) is 26. The van der Waals surface area contributed by atoms with E-state index >= 15 is 0 Å². The lowest BCUT2D eigenvalue weighted by Crippen LogP contribution is -2.36. The first-order chi connectivity index (χ1) is 38.2. The second-order valence-corrected chi connectivity index (χ2v) is 15.8. The summed E-state index contributed by atoms with van der Waals surface area (Å²) in [4.78, 5) is 123. The Balaban J connectivity index is -0.000000155. The van der Waals surface area contributed by atoms with Gasteiger partial charge in [0, 0.05) is 83.1 Å². The van der Waals surface area contributed by atoms with Gasteiger partial charge in [0.1, 0.15) is 19.7 Å². The number of anilines is 1. The topological polar surface area (TPSA) is 483 Å². The zero-order chi connectivity index (χ0) is 65.2. The smallest absolute Gasteiger partial charge is 0.418 e. The molecule has 0 saturated carbocycles. The monoisotopic (exact) mass is 1230 g/mol. The van der Waals surface area contributed by atoms with Crippen LogP contribution in [0.3, 0.4) is 0 Å². The van der Waals surface area contributed by atoms with Gasteiger partial charge in [-0.05, 0) is 32.8 Å². The second-order valence-electron chi connectivity index (χ2n) is 13.8. The summed E-state index contributed by atoms with van der Waals surface area (Å²) in [7, 11) is 6.90. The number of nitrogens with two attached hydrogens (primary N) is 1. The molecule has 1 aliphatic heterocycles. The largest absolute Gasteiger partial charge is 0.476 e. The summed E-state index contributed by atoms with van der Waals surface area (Å²) in [6.07, 6.45) is 7.83. The molecule has 1 saturated heterocycles. The first kappa shape index (κ1) is 87.8. The van der Waals surface area contributed by atoms with E-state index in [-0.39, 0.29) is 89.1 Å². The average Bonchev–Trinajstić information content (AvgIpc) is 3.89. The number of carbonyl (C=O) groups is 10. The van der Waals surface area contributed by atoms with Gasteiger partial charge in [0.15, 0.2) is 11.1 Å². The molecular weight excluding hydrogens is 1150 g/mol. The highest BCUT2D eigenvalue weighted by molar-refractivity contribution is 8.13. The molecule has 2 heterocycles. The Labute approximate surface area is 490 Å². The van der Waals surface area contributed by atoms with Crippen LogP contribution in [0, 0.1) is 16.2 Å². The van der Waals surface area contributed by atoms with Gasteiger partial charge in [-0.15, -0.1) is 0 Å². The summed E-state index contributed by atoms with van der Waals surface area (Å²) in [5, 5.41) is 41.3. The fourth-order valence-electron chi connectivity index (χ4n) is 3.51. The molecule has 82 heavy (non-hydrogen) atoms. The zero-order valence-electron chi connectivity index (χ0n) is 49.4. The standard InChI is InChI=1S/C6H6ClN3O.C6H11NO4.C6H11NO2.2C5H10N2O2.C5H9NO2S.C4H9N3O.C4H8N2O2.C4H8N2OS/c1-4(11)10-6-8-2-5(7)3-9-6;1-5(8)7(4-10-2)6(9)11-3;1-5(8)7-6-2-3-9-4-6;1-3-9-7-4-6-5(2)8;1-3-9-5(6)7-4(2)8;1-4(7)6-5(8-2)9-3;1-3(8)7-4(5)6-2;2*1-3(7)6-4(5)8-2/h2-3H,1H3,(H,8,9,10,11);4H2,1-3H3;6H,2-4H2,1H3,(H,7,8);4H,3H2,1-2H3,(H,6,7,8);3H2,1-2H3,(H2,6,7,8);1-3H3;1-2H3,(H3,5,6,7,8);2*1-2H3,(H2,5,6,7). The van der Waals surface area contributed by atoms with Crippen molar-refractivity contribution >= 4 is 135 Å². The number of thioether (sulfide) groups is 2. The van der Waals surface area contributed by atoms with Crippen LogP contribution in [-0.4, -0.2) is 196 Å². The molecule has 0 spiro atoms. The molecule has 1 aromatic rings. The Morgan fingerprint density at radius 1 is 0.744 bits per heavy atom. The Hall–Kier alpha value is -8.09. The van der Waals surface area contributed by atoms with Crippen LogP contribution in [0.25, 0.3) is 0 Å². The first-order valence-electron chi connectivity index (χ1n) is 23.1. The lowest BCUT2D eigenvalue weighted by Gasteiger charge is -2.15. The number of rotatable bonds is 8. The van der Waals surface area contributed by atoms with Gasteiger partial charge in [-0.3, -0.25) is 85.6 Å². The van der Waals surface area contributed by atoms with Gasteiger partial charge in [0.05, 0.1) is 58.0 Å². The minimum atomic E-state index is -0.709. The predicted molar refractivity (Wildman–Crippen MR) is 312 cm³/mol. The molecule has 0 bridgehead atoms. The Morgan fingerprint density at radius 2 is 1.27 bits per heavy atom. The Kier molecular flexibility index (Phi) is 64.8. The summed E-state index contributed by atoms with van der Waals surface area (Å²) in [6, 6.07) is -0.148. The maximum atomic E-state index is 10.7. The molecule has 10 amide bonds. The number of amides is 10. The lowest BCUT2D eigenvalue weighted by atomic mass is 10.3. The molecule has 0 aliphatic carbocycles. The third kappa shape index (κ3) is 76.1. The maximum absolute atomic E-state index is 10.7. The number of methoxy groups -OCH3 is 4. The van der Waals surface area contributed by atoms with Crippen molar-refractivity contribution in [3.05, 3.63) is 17.4 Å². The minimum absolute atomic E-state index is 0.0329. The number of hydrogen-bond donors (Lipinski definition) is 11. The Bertz CT molecular complexity index is 2140. The van der Waals surface area contributed by atoms with Crippen LogP contribution >= 0.6 is 35.1 Å². The number of amidine groups is 3. The van der Waals surface area contributed by atoms with Crippen molar-refractivity contribution in [3.8, 4) is 0 Å². The number of oxime groups is 1. The second kappa shape index (κ2) is 60.5. The molecule has 1 aliphatic rings. The normalized spacial score (nSPS) is 11.1. The van der Waals surface area contributed by atoms with Gasteiger partial charge in [-0.1, -0.05) is 40.3 Å². The summed E-state index contributed by atoms with van der Waals surface area (Å²) in [6.45, 7) is 18.2. The van der Waals surface area contributed by atoms with Crippen molar-refractivity contribution in [2.45, 2.75) is 88.6 Å². The fourth-order valence-corrected chi connectivity index (χ4v) is 4.24. The van der Waals surface area contributed by atoms with E-state index < -0.39 is 12.0 Å². The molecule has 1 fully saturated rings. The van der Waals surface area contributed by atoms with Gasteiger partial charge in [-0.25, -0.2) is 19.7 Å². The summed E-state index contributed by atoms with van der Waals surface area (Å²) in [5.74, 6) is -1.52. The number of imide groups is 1. The van der Waals surface area contributed by atoms with Crippen LogP contribution < -0.4 is 43.0 Å². The molecule has 37 heteroatoms. The lowest BCUT2D eigenvalue weighted by molar-refractivity contribution is -0.131. The summed E-state index contributed by atoms with van der Waals surface area (Å²) < 4.78 is 27.6. The van der Waals surface area contributed by atoms with E-state index in [0.717, 1.165) is 17.9 Å².